The second-order valence-electron chi connectivity index (χ2n) is 5.92. The van der Waals surface area contributed by atoms with Crippen LogP contribution in [0.25, 0.3) is 0 Å². The van der Waals surface area contributed by atoms with Crippen molar-refractivity contribution in [3.05, 3.63) is 59.7 Å². The molecule has 3 rings (SSSR count). The molecule has 0 aliphatic carbocycles. The van der Waals surface area contributed by atoms with Crippen LogP contribution >= 0.6 is 0 Å². The molecule has 2 aromatic rings. The fourth-order valence-electron chi connectivity index (χ4n) is 2.92. The third-order valence-electron chi connectivity index (χ3n) is 4.11. The van der Waals surface area contributed by atoms with E-state index >= 15 is 0 Å². The number of amides is 1. The quantitative estimate of drug-likeness (QED) is 0.918. The number of anilines is 2. The fraction of sp³-hybridized carbons (Fsp3) is 0.316. The van der Waals surface area contributed by atoms with Crippen molar-refractivity contribution in [1.82, 2.24) is 0 Å². The van der Waals surface area contributed by atoms with Crippen molar-refractivity contribution in [2.45, 2.75) is 26.2 Å². The molecular weight excluding hydrogens is 272 g/mol. The minimum absolute atomic E-state index is 0.0514. The number of nitrogens with one attached hydrogen (secondary N) is 1. The molecule has 0 radical (unpaired) electrons. The van der Waals surface area contributed by atoms with Crippen LogP contribution in [0, 0.1) is 6.92 Å². The van der Waals surface area contributed by atoms with Gasteiger partial charge in [0.15, 0.2) is 0 Å². The number of carbonyl (C=O) groups excluding carboxylic acids is 1. The summed E-state index contributed by atoms with van der Waals surface area (Å²) in [6.07, 6.45) is 3.78. The molecule has 1 saturated heterocycles. The van der Waals surface area contributed by atoms with Gasteiger partial charge in [-0.1, -0.05) is 18.2 Å². The van der Waals surface area contributed by atoms with Gasteiger partial charge in [-0.3, -0.25) is 4.79 Å². The van der Waals surface area contributed by atoms with E-state index in [9.17, 15) is 4.79 Å². The summed E-state index contributed by atoms with van der Waals surface area (Å²) in [5.41, 5.74) is 3.84. The van der Waals surface area contributed by atoms with Gasteiger partial charge >= 0.3 is 0 Å². The van der Waals surface area contributed by atoms with Crippen LogP contribution in [0.1, 0.15) is 35.2 Å². The molecule has 0 bridgehead atoms. The molecule has 1 heterocycles. The van der Waals surface area contributed by atoms with Crippen molar-refractivity contribution in [3.63, 3.8) is 0 Å². The number of aryl methyl sites for hydroxylation is 1. The molecule has 0 saturated carbocycles. The van der Waals surface area contributed by atoms with Gasteiger partial charge < -0.3 is 10.2 Å². The van der Waals surface area contributed by atoms with Crippen molar-refractivity contribution in [1.29, 1.82) is 0 Å². The van der Waals surface area contributed by atoms with E-state index in [0.717, 1.165) is 30.0 Å². The molecule has 1 N–H and O–H groups in total. The predicted molar refractivity (Wildman–Crippen MR) is 91.6 cm³/mol. The molecule has 1 amide bonds. The van der Waals surface area contributed by atoms with Gasteiger partial charge in [-0.15, -0.1) is 0 Å². The SMILES string of the molecule is Cc1cccc(NC(=O)c2cccc(N3CCCCC3)c2)c1. The standard InChI is InChI=1S/C19H22N2O/c1-15-7-5-9-17(13-15)20-19(22)16-8-6-10-18(14-16)21-11-3-2-4-12-21/h5-10,13-14H,2-4,11-12H2,1H3,(H,20,22). The van der Waals surface area contributed by atoms with Crippen molar-refractivity contribution in [2.24, 2.45) is 0 Å². The van der Waals surface area contributed by atoms with Gasteiger partial charge in [0.25, 0.3) is 5.91 Å². The Bertz CT molecular complexity index is 660. The van der Waals surface area contributed by atoms with Crippen LogP contribution in [0.15, 0.2) is 48.5 Å². The molecule has 1 fully saturated rings. The number of hydrogen-bond donors (Lipinski definition) is 1. The Morgan fingerprint density at radius 1 is 1.00 bits per heavy atom. The molecule has 3 nitrogen and oxygen atoms in total. The van der Waals surface area contributed by atoms with Crippen LogP contribution in [0.4, 0.5) is 11.4 Å². The van der Waals surface area contributed by atoms with Gasteiger partial charge in [-0.25, -0.2) is 0 Å². The van der Waals surface area contributed by atoms with Crippen molar-refractivity contribution in [2.75, 3.05) is 23.3 Å². The number of rotatable bonds is 3. The molecule has 1 aliphatic rings. The van der Waals surface area contributed by atoms with E-state index in [2.05, 4.69) is 16.3 Å². The van der Waals surface area contributed by atoms with Crippen molar-refractivity contribution >= 4 is 17.3 Å². The first-order chi connectivity index (χ1) is 10.7. The maximum absolute atomic E-state index is 12.4. The van der Waals surface area contributed by atoms with E-state index in [0.29, 0.717) is 5.56 Å². The highest BCUT2D eigenvalue weighted by atomic mass is 16.1. The summed E-state index contributed by atoms with van der Waals surface area (Å²) >= 11 is 0. The van der Waals surface area contributed by atoms with Gasteiger partial charge in [0, 0.05) is 30.0 Å². The molecule has 0 unspecified atom stereocenters. The average Bonchev–Trinajstić information content (AvgIpc) is 2.56. The minimum Gasteiger partial charge on any atom is -0.372 e. The van der Waals surface area contributed by atoms with Gasteiger partial charge in [-0.2, -0.15) is 0 Å². The first kappa shape index (κ1) is 14.6. The van der Waals surface area contributed by atoms with Crippen LogP contribution < -0.4 is 10.2 Å². The summed E-state index contributed by atoms with van der Waals surface area (Å²) in [4.78, 5) is 14.8. The Hall–Kier alpha value is -2.29. The largest absolute Gasteiger partial charge is 0.372 e. The maximum atomic E-state index is 12.4. The Kier molecular flexibility index (Phi) is 4.42. The van der Waals surface area contributed by atoms with Crippen LogP contribution in [0.3, 0.4) is 0 Å². The zero-order valence-electron chi connectivity index (χ0n) is 13.0. The smallest absolute Gasteiger partial charge is 0.255 e. The minimum atomic E-state index is -0.0514. The normalized spacial score (nSPS) is 14.7. The number of benzene rings is 2. The van der Waals surface area contributed by atoms with E-state index in [1.807, 2.05) is 49.4 Å². The summed E-state index contributed by atoms with van der Waals surface area (Å²) < 4.78 is 0. The highest BCUT2D eigenvalue weighted by molar-refractivity contribution is 6.04. The molecule has 0 spiro atoms. The van der Waals surface area contributed by atoms with Gasteiger partial charge in [0.1, 0.15) is 0 Å². The van der Waals surface area contributed by atoms with Crippen molar-refractivity contribution in [3.8, 4) is 0 Å². The van der Waals surface area contributed by atoms with E-state index < -0.39 is 0 Å². The topological polar surface area (TPSA) is 32.3 Å². The predicted octanol–water partition coefficient (Wildman–Crippen LogP) is 4.24. The van der Waals surface area contributed by atoms with E-state index in [-0.39, 0.29) is 5.91 Å². The lowest BCUT2D eigenvalue weighted by atomic mass is 10.1. The maximum Gasteiger partial charge on any atom is 0.255 e. The lowest BCUT2D eigenvalue weighted by Gasteiger charge is -2.29. The Morgan fingerprint density at radius 2 is 1.77 bits per heavy atom. The van der Waals surface area contributed by atoms with E-state index in [1.54, 1.807) is 0 Å². The average molecular weight is 294 g/mol. The van der Waals surface area contributed by atoms with Gasteiger partial charge in [-0.05, 0) is 62.1 Å². The zero-order valence-corrected chi connectivity index (χ0v) is 13.0. The van der Waals surface area contributed by atoms with Gasteiger partial charge in [0.05, 0.1) is 0 Å². The molecule has 114 valence electrons. The fourth-order valence-corrected chi connectivity index (χ4v) is 2.92. The third kappa shape index (κ3) is 3.48. The number of hydrogen-bond acceptors (Lipinski definition) is 2. The summed E-state index contributed by atoms with van der Waals surface area (Å²) in [7, 11) is 0. The number of nitrogens with zero attached hydrogens (tertiary/aromatic N) is 1. The summed E-state index contributed by atoms with van der Waals surface area (Å²) in [5.74, 6) is -0.0514. The molecule has 2 aromatic carbocycles. The van der Waals surface area contributed by atoms with Gasteiger partial charge in [0.2, 0.25) is 0 Å². The highest BCUT2D eigenvalue weighted by Crippen LogP contribution is 2.21. The Morgan fingerprint density at radius 3 is 2.55 bits per heavy atom. The summed E-state index contributed by atoms with van der Waals surface area (Å²) in [5, 5.41) is 2.97. The Balaban J connectivity index is 1.75. The van der Waals surface area contributed by atoms with Crippen LogP contribution in [0.5, 0.6) is 0 Å². The zero-order chi connectivity index (χ0) is 15.4. The van der Waals surface area contributed by atoms with E-state index in [1.165, 1.54) is 19.3 Å². The van der Waals surface area contributed by atoms with Crippen LogP contribution in [-0.2, 0) is 0 Å². The third-order valence-corrected chi connectivity index (χ3v) is 4.11. The lowest BCUT2D eigenvalue weighted by molar-refractivity contribution is 0.102. The second kappa shape index (κ2) is 6.65. The molecule has 0 atom stereocenters. The molecular formula is C19H22N2O. The van der Waals surface area contributed by atoms with E-state index in [4.69, 9.17) is 0 Å². The second-order valence-corrected chi connectivity index (χ2v) is 5.92. The number of piperidine rings is 1. The monoisotopic (exact) mass is 294 g/mol. The number of carbonyl (C=O) groups is 1. The molecule has 22 heavy (non-hydrogen) atoms. The first-order valence-electron chi connectivity index (χ1n) is 7.95. The molecule has 0 aromatic heterocycles. The van der Waals surface area contributed by atoms with Crippen molar-refractivity contribution < 1.29 is 4.79 Å². The summed E-state index contributed by atoms with van der Waals surface area (Å²) in [6.45, 7) is 4.19. The highest BCUT2D eigenvalue weighted by Gasteiger charge is 2.13. The molecule has 3 heteroatoms. The lowest BCUT2D eigenvalue weighted by Crippen LogP contribution is -2.29. The molecule has 1 aliphatic heterocycles. The Labute approximate surface area is 132 Å². The van der Waals surface area contributed by atoms with Crippen LogP contribution in [0.2, 0.25) is 0 Å². The van der Waals surface area contributed by atoms with Crippen LogP contribution in [-0.4, -0.2) is 19.0 Å². The first-order valence-corrected chi connectivity index (χ1v) is 7.95. The summed E-state index contributed by atoms with van der Waals surface area (Å²) in [6, 6.07) is 15.8.